The molecular formula is C22H28N4O2. The van der Waals surface area contributed by atoms with Gasteiger partial charge in [0.15, 0.2) is 0 Å². The molecule has 2 aromatic rings. The molecular weight excluding hydrogens is 352 g/mol. The smallest absolute Gasteiger partial charge is 0.285 e. The Morgan fingerprint density at radius 3 is 2.71 bits per heavy atom. The van der Waals surface area contributed by atoms with Gasteiger partial charge in [0.1, 0.15) is 11.4 Å². The average Bonchev–Trinajstić information content (AvgIpc) is 3.24. The molecule has 6 nitrogen and oxygen atoms in total. The summed E-state index contributed by atoms with van der Waals surface area (Å²) in [6.07, 6.45) is 3.70. The fourth-order valence-corrected chi connectivity index (χ4v) is 4.40. The zero-order chi connectivity index (χ0) is 19.7. The first kappa shape index (κ1) is 18.9. The van der Waals surface area contributed by atoms with E-state index >= 15 is 0 Å². The molecule has 28 heavy (non-hydrogen) atoms. The third-order valence-corrected chi connectivity index (χ3v) is 5.90. The molecule has 1 N–H and O–H groups in total. The summed E-state index contributed by atoms with van der Waals surface area (Å²) in [4.78, 5) is 31.8. The Morgan fingerprint density at radius 2 is 1.96 bits per heavy atom. The first-order valence-electron chi connectivity index (χ1n) is 10.1. The average molecular weight is 380 g/mol. The van der Waals surface area contributed by atoms with E-state index in [4.69, 9.17) is 0 Å². The third kappa shape index (κ3) is 3.61. The summed E-state index contributed by atoms with van der Waals surface area (Å²) in [5.74, 6) is 0.875. The zero-order valence-corrected chi connectivity index (χ0v) is 16.6. The second-order valence-corrected chi connectivity index (χ2v) is 8.56. The molecule has 4 rings (SSSR count). The summed E-state index contributed by atoms with van der Waals surface area (Å²) in [7, 11) is 0. The van der Waals surface area contributed by atoms with E-state index in [1.165, 1.54) is 5.56 Å². The molecule has 1 spiro atoms. The van der Waals surface area contributed by atoms with Gasteiger partial charge in [0.25, 0.3) is 11.5 Å². The van der Waals surface area contributed by atoms with E-state index in [1.54, 1.807) is 6.20 Å². The van der Waals surface area contributed by atoms with Gasteiger partial charge in [0.2, 0.25) is 0 Å². The number of rotatable bonds is 5. The molecule has 2 aliphatic rings. The Morgan fingerprint density at radius 1 is 1.21 bits per heavy atom. The SMILES string of the molecule is CC(C)CNC(=O)c1cn2c(nc1=O)C1(CCN(Cc3ccccc3)C1)CC2. The van der Waals surface area contributed by atoms with Gasteiger partial charge in [-0.05, 0) is 30.9 Å². The maximum absolute atomic E-state index is 12.6. The van der Waals surface area contributed by atoms with Crippen molar-refractivity contribution >= 4 is 5.91 Å². The predicted octanol–water partition coefficient (Wildman–Crippen LogP) is 2.18. The number of likely N-dealkylation sites (tertiary alicyclic amines) is 1. The van der Waals surface area contributed by atoms with Crippen molar-refractivity contribution in [3.63, 3.8) is 0 Å². The highest BCUT2D eigenvalue weighted by molar-refractivity contribution is 5.93. The van der Waals surface area contributed by atoms with Crippen LogP contribution in [0, 0.1) is 5.92 Å². The molecule has 0 saturated carbocycles. The molecule has 1 fully saturated rings. The number of hydrogen-bond acceptors (Lipinski definition) is 4. The van der Waals surface area contributed by atoms with E-state index in [9.17, 15) is 9.59 Å². The quantitative estimate of drug-likeness (QED) is 0.863. The first-order chi connectivity index (χ1) is 13.5. The Hall–Kier alpha value is -2.47. The Bertz CT molecular complexity index is 922. The Labute approximate surface area is 165 Å². The molecule has 2 aliphatic heterocycles. The minimum absolute atomic E-state index is 0.0686. The molecule has 3 heterocycles. The molecule has 0 radical (unpaired) electrons. The second-order valence-electron chi connectivity index (χ2n) is 8.56. The van der Waals surface area contributed by atoms with Crippen molar-refractivity contribution in [3.8, 4) is 0 Å². The molecule has 1 amide bonds. The third-order valence-electron chi connectivity index (χ3n) is 5.90. The van der Waals surface area contributed by atoms with Crippen molar-refractivity contribution in [1.82, 2.24) is 19.8 Å². The van der Waals surface area contributed by atoms with Crippen LogP contribution in [0.3, 0.4) is 0 Å². The van der Waals surface area contributed by atoms with Crippen molar-refractivity contribution in [2.24, 2.45) is 5.92 Å². The number of nitrogens with zero attached hydrogens (tertiary/aromatic N) is 3. The summed E-state index contributed by atoms with van der Waals surface area (Å²) < 4.78 is 2.03. The largest absolute Gasteiger partial charge is 0.352 e. The van der Waals surface area contributed by atoms with Gasteiger partial charge in [-0.15, -0.1) is 0 Å². The van der Waals surface area contributed by atoms with Crippen molar-refractivity contribution in [2.75, 3.05) is 19.6 Å². The van der Waals surface area contributed by atoms with Crippen LogP contribution in [0.15, 0.2) is 41.3 Å². The summed E-state index contributed by atoms with van der Waals surface area (Å²) >= 11 is 0. The number of fused-ring (bicyclic) bond motifs is 2. The fourth-order valence-electron chi connectivity index (χ4n) is 4.40. The summed E-state index contributed by atoms with van der Waals surface area (Å²) in [6, 6.07) is 10.5. The minimum Gasteiger partial charge on any atom is -0.352 e. The van der Waals surface area contributed by atoms with E-state index in [0.717, 1.165) is 44.8 Å². The van der Waals surface area contributed by atoms with Crippen molar-refractivity contribution < 1.29 is 4.79 Å². The number of hydrogen-bond donors (Lipinski definition) is 1. The molecule has 1 aromatic carbocycles. The number of aryl methyl sites for hydroxylation is 1. The maximum atomic E-state index is 12.6. The van der Waals surface area contributed by atoms with E-state index in [1.807, 2.05) is 24.5 Å². The van der Waals surface area contributed by atoms with Crippen LogP contribution >= 0.6 is 0 Å². The number of aromatic nitrogens is 2. The molecule has 1 atom stereocenters. The summed E-state index contributed by atoms with van der Waals surface area (Å²) in [5.41, 5.74) is 0.983. The van der Waals surface area contributed by atoms with Crippen LogP contribution in [0.4, 0.5) is 0 Å². The maximum Gasteiger partial charge on any atom is 0.285 e. The molecule has 0 bridgehead atoms. The van der Waals surface area contributed by atoms with Crippen LogP contribution in [-0.4, -0.2) is 40.0 Å². The van der Waals surface area contributed by atoms with Crippen LogP contribution in [0.25, 0.3) is 0 Å². The van der Waals surface area contributed by atoms with Gasteiger partial charge in [-0.3, -0.25) is 14.5 Å². The Kier molecular flexibility index (Phi) is 5.06. The van der Waals surface area contributed by atoms with Crippen molar-refractivity contribution in [2.45, 2.75) is 45.2 Å². The first-order valence-corrected chi connectivity index (χ1v) is 10.1. The number of benzene rings is 1. The van der Waals surface area contributed by atoms with Gasteiger partial charge in [-0.1, -0.05) is 44.2 Å². The summed E-state index contributed by atoms with van der Waals surface area (Å²) in [6.45, 7) is 8.25. The standard InChI is InChI=1S/C22H28N4O2/c1-16(2)12-23-19(27)18-14-26-11-9-22(21(26)24-20(18)28)8-10-25(15-22)13-17-6-4-3-5-7-17/h3-7,14,16H,8-13,15H2,1-2H3,(H,23,27). The topological polar surface area (TPSA) is 67.2 Å². The monoisotopic (exact) mass is 380 g/mol. The molecule has 0 aliphatic carbocycles. The molecule has 1 aromatic heterocycles. The van der Waals surface area contributed by atoms with Crippen LogP contribution in [0.5, 0.6) is 0 Å². The van der Waals surface area contributed by atoms with E-state index < -0.39 is 5.56 Å². The van der Waals surface area contributed by atoms with Crippen LogP contribution in [-0.2, 0) is 18.5 Å². The van der Waals surface area contributed by atoms with Gasteiger partial charge in [0.05, 0.1) is 0 Å². The number of amides is 1. The number of carbonyl (C=O) groups is 1. The highest BCUT2D eigenvalue weighted by Gasteiger charge is 2.46. The normalized spacial score (nSPS) is 21.4. The zero-order valence-electron chi connectivity index (χ0n) is 16.6. The van der Waals surface area contributed by atoms with Crippen molar-refractivity contribution in [3.05, 3.63) is 63.8 Å². The van der Waals surface area contributed by atoms with Gasteiger partial charge in [0, 0.05) is 37.8 Å². The number of carbonyl (C=O) groups excluding carboxylic acids is 1. The van der Waals surface area contributed by atoms with Crippen molar-refractivity contribution in [1.29, 1.82) is 0 Å². The lowest BCUT2D eigenvalue weighted by atomic mass is 9.85. The van der Waals surface area contributed by atoms with Crippen LogP contribution in [0.2, 0.25) is 0 Å². The highest BCUT2D eigenvalue weighted by Crippen LogP contribution is 2.41. The summed E-state index contributed by atoms with van der Waals surface area (Å²) in [5, 5.41) is 2.83. The predicted molar refractivity (Wildman–Crippen MR) is 108 cm³/mol. The van der Waals surface area contributed by atoms with E-state index in [0.29, 0.717) is 12.5 Å². The molecule has 6 heteroatoms. The van der Waals surface area contributed by atoms with Gasteiger partial charge < -0.3 is 9.88 Å². The van der Waals surface area contributed by atoms with Crippen LogP contribution < -0.4 is 10.9 Å². The van der Waals surface area contributed by atoms with Gasteiger partial charge in [-0.2, -0.15) is 4.98 Å². The minimum atomic E-state index is -0.407. The molecule has 1 saturated heterocycles. The molecule has 1 unspecified atom stereocenters. The lowest BCUT2D eigenvalue weighted by Gasteiger charge is -2.23. The fraction of sp³-hybridized carbons (Fsp3) is 0.500. The van der Waals surface area contributed by atoms with E-state index in [2.05, 4.69) is 39.5 Å². The lowest BCUT2D eigenvalue weighted by Crippen LogP contribution is -2.36. The molecule has 148 valence electrons. The van der Waals surface area contributed by atoms with Crippen LogP contribution in [0.1, 0.15) is 48.4 Å². The lowest BCUT2D eigenvalue weighted by molar-refractivity contribution is 0.0946. The number of nitrogens with one attached hydrogen (secondary N) is 1. The second kappa shape index (κ2) is 7.51. The van der Waals surface area contributed by atoms with E-state index in [-0.39, 0.29) is 16.9 Å². The highest BCUT2D eigenvalue weighted by atomic mass is 16.2. The van der Waals surface area contributed by atoms with Gasteiger partial charge in [-0.25, -0.2) is 0 Å². The van der Waals surface area contributed by atoms with Gasteiger partial charge >= 0.3 is 0 Å². The Balaban J connectivity index is 1.52.